The summed E-state index contributed by atoms with van der Waals surface area (Å²) in [4.78, 5) is 15.0. The third-order valence-electron chi connectivity index (χ3n) is 3.00. The van der Waals surface area contributed by atoms with E-state index in [-0.39, 0.29) is 13.1 Å². The van der Waals surface area contributed by atoms with Gasteiger partial charge in [-0.05, 0) is 29.7 Å². The third kappa shape index (κ3) is 3.83. The summed E-state index contributed by atoms with van der Waals surface area (Å²) in [5, 5.41) is 9.69. The van der Waals surface area contributed by atoms with Crippen molar-refractivity contribution in [3.63, 3.8) is 0 Å². The summed E-state index contributed by atoms with van der Waals surface area (Å²) in [7, 11) is 0. The third-order valence-corrected chi connectivity index (χ3v) is 3.00. The molecule has 1 aliphatic rings. The van der Waals surface area contributed by atoms with Crippen molar-refractivity contribution in [2.45, 2.75) is 12.6 Å². The Balaban J connectivity index is 1.98. The van der Waals surface area contributed by atoms with Gasteiger partial charge in [0.1, 0.15) is 0 Å². The Labute approximate surface area is 119 Å². The highest BCUT2D eigenvalue weighted by atomic mass is 19.4. The molecule has 0 saturated heterocycles. The van der Waals surface area contributed by atoms with Crippen LogP contribution < -0.4 is 0 Å². The van der Waals surface area contributed by atoms with Crippen molar-refractivity contribution >= 4 is 11.5 Å². The average molecular weight is 296 g/mol. The number of hydrogen-bond acceptors (Lipinski definition) is 4. The van der Waals surface area contributed by atoms with Gasteiger partial charge >= 0.3 is 12.1 Å². The van der Waals surface area contributed by atoms with Crippen LogP contribution in [0.1, 0.15) is 17.5 Å². The molecule has 0 spiro atoms. The highest BCUT2D eigenvalue weighted by molar-refractivity contribution is 5.75. The molecule has 1 aromatic carbocycles. The summed E-state index contributed by atoms with van der Waals surface area (Å²) < 4.78 is 36.2. The molecule has 0 aromatic heterocycles. The van der Waals surface area contributed by atoms with E-state index in [0.29, 0.717) is 12.0 Å². The van der Waals surface area contributed by atoms with E-state index in [1.807, 2.05) is 6.07 Å². The van der Waals surface area contributed by atoms with Crippen molar-refractivity contribution in [2.75, 3.05) is 13.1 Å². The van der Waals surface area contributed by atoms with Gasteiger partial charge in [0, 0.05) is 6.54 Å². The molecule has 0 bridgehead atoms. The Morgan fingerprint density at radius 3 is 2.43 bits per heavy atom. The molecule has 1 aromatic rings. The zero-order valence-corrected chi connectivity index (χ0v) is 10.9. The lowest BCUT2D eigenvalue weighted by Gasteiger charge is -2.25. The maximum absolute atomic E-state index is 12.1. The van der Waals surface area contributed by atoms with Gasteiger partial charge in [-0.3, -0.25) is 0 Å². The molecule has 0 N–H and O–H groups in total. The van der Waals surface area contributed by atoms with E-state index in [0.717, 1.165) is 16.2 Å². The van der Waals surface area contributed by atoms with Gasteiger partial charge in [-0.15, -0.1) is 5.06 Å². The van der Waals surface area contributed by atoms with E-state index in [1.54, 1.807) is 30.3 Å². The van der Waals surface area contributed by atoms with Gasteiger partial charge in [0.05, 0.1) is 18.2 Å². The summed E-state index contributed by atoms with van der Waals surface area (Å²) >= 11 is 0. The van der Waals surface area contributed by atoms with Crippen molar-refractivity contribution in [3.8, 4) is 6.07 Å². The second-order valence-electron chi connectivity index (χ2n) is 4.43. The van der Waals surface area contributed by atoms with Crippen LogP contribution in [0, 0.1) is 11.3 Å². The van der Waals surface area contributed by atoms with E-state index >= 15 is 0 Å². The topological polar surface area (TPSA) is 53.3 Å². The van der Waals surface area contributed by atoms with E-state index < -0.39 is 12.1 Å². The van der Waals surface area contributed by atoms with E-state index in [2.05, 4.69) is 4.84 Å². The van der Waals surface area contributed by atoms with Gasteiger partial charge in [0.2, 0.25) is 0 Å². The fraction of sp³-hybridized carbons (Fsp3) is 0.286. The zero-order valence-electron chi connectivity index (χ0n) is 10.9. The summed E-state index contributed by atoms with van der Waals surface area (Å²) in [6, 6.07) is 8.91. The lowest BCUT2D eigenvalue weighted by molar-refractivity contribution is -0.237. The van der Waals surface area contributed by atoms with Crippen LogP contribution in [0.2, 0.25) is 0 Å². The highest BCUT2D eigenvalue weighted by Gasteiger charge is 2.42. The zero-order chi connectivity index (χ0) is 15.5. The first-order valence-corrected chi connectivity index (χ1v) is 6.14. The van der Waals surface area contributed by atoms with Crippen LogP contribution in [-0.2, 0) is 9.63 Å². The van der Waals surface area contributed by atoms with Gasteiger partial charge in [-0.25, -0.2) is 4.79 Å². The lowest BCUT2D eigenvalue weighted by Crippen LogP contribution is -2.37. The molecule has 0 fully saturated rings. The highest BCUT2D eigenvalue weighted by Crippen LogP contribution is 2.24. The maximum Gasteiger partial charge on any atom is 0.492 e. The van der Waals surface area contributed by atoms with Crippen LogP contribution in [0.25, 0.3) is 5.57 Å². The quantitative estimate of drug-likeness (QED) is 0.842. The molecule has 0 saturated carbocycles. The molecule has 21 heavy (non-hydrogen) atoms. The maximum atomic E-state index is 12.1. The number of halogens is 3. The summed E-state index contributed by atoms with van der Waals surface area (Å²) in [5.41, 5.74) is 2.38. The number of alkyl halides is 3. The standard InChI is InChI=1S/C14H11F3N2O2/c15-14(16,17)13(20)21-19-7-5-12(6-8-19)11-3-1-10(9-18)2-4-11/h1-5H,6-8H2. The smallest absolute Gasteiger partial charge is 0.360 e. The Hall–Kier alpha value is -2.33. The van der Waals surface area contributed by atoms with E-state index in [1.165, 1.54) is 0 Å². The molecule has 1 heterocycles. The van der Waals surface area contributed by atoms with Gasteiger partial charge in [-0.1, -0.05) is 18.2 Å². The molecule has 7 heteroatoms. The number of rotatable bonds is 2. The fourth-order valence-corrected chi connectivity index (χ4v) is 1.92. The number of hydrogen-bond donors (Lipinski definition) is 0. The number of carbonyl (C=O) groups is 1. The van der Waals surface area contributed by atoms with Crippen molar-refractivity contribution in [1.82, 2.24) is 5.06 Å². The summed E-state index contributed by atoms with van der Waals surface area (Å²) in [6.07, 6.45) is -2.83. The van der Waals surface area contributed by atoms with Gasteiger partial charge in [0.15, 0.2) is 0 Å². The monoisotopic (exact) mass is 296 g/mol. The predicted octanol–water partition coefficient (Wildman–Crippen LogP) is 2.67. The van der Waals surface area contributed by atoms with Crippen LogP contribution in [-0.4, -0.2) is 30.3 Å². The van der Waals surface area contributed by atoms with Gasteiger partial charge < -0.3 is 4.84 Å². The van der Waals surface area contributed by atoms with Crippen molar-refractivity contribution in [3.05, 3.63) is 41.5 Å². The molecule has 110 valence electrons. The molecule has 1 aliphatic heterocycles. The molecule has 2 rings (SSSR count). The first kappa shape index (κ1) is 15.1. The van der Waals surface area contributed by atoms with Crippen LogP contribution in [0.15, 0.2) is 30.3 Å². The molecule has 0 atom stereocenters. The number of benzene rings is 1. The Bertz CT molecular complexity index is 600. The first-order valence-electron chi connectivity index (χ1n) is 6.14. The Morgan fingerprint density at radius 1 is 1.29 bits per heavy atom. The number of nitrogens with zero attached hydrogens (tertiary/aromatic N) is 2. The minimum atomic E-state index is -4.99. The van der Waals surface area contributed by atoms with Crippen molar-refractivity contribution in [2.24, 2.45) is 0 Å². The Kier molecular flexibility index (Phi) is 4.29. The lowest BCUT2D eigenvalue weighted by atomic mass is 9.99. The van der Waals surface area contributed by atoms with Gasteiger partial charge in [0.25, 0.3) is 0 Å². The summed E-state index contributed by atoms with van der Waals surface area (Å²) in [6.45, 7) is 0.283. The molecule has 0 aliphatic carbocycles. The van der Waals surface area contributed by atoms with Gasteiger partial charge in [-0.2, -0.15) is 18.4 Å². The molecule has 4 nitrogen and oxygen atoms in total. The minimum Gasteiger partial charge on any atom is -0.360 e. The number of hydroxylamine groups is 2. The molecule has 0 amide bonds. The SMILES string of the molecule is N#Cc1ccc(C2=CCN(OC(=O)C(F)(F)F)CC2)cc1. The normalized spacial score (nSPS) is 16.0. The van der Waals surface area contributed by atoms with Crippen molar-refractivity contribution < 1.29 is 22.8 Å². The number of carbonyl (C=O) groups excluding carboxylic acids is 1. The van der Waals surface area contributed by atoms with Crippen LogP contribution in [0.4, 0.5) is 13.2 Å². The van der Waals surface area contributed by atoms with E-state index in [9.17, 15) is 18.0 Å². The molecular weight excluding hydrogens is 285 g/mol. The van der Waals surface area contributed by atoms with E-state index in [4.69, 9.17) is 5.26 Å². The largest absolute Gasteiger partial charge is 0.492 e. The predicted molar refractivity (Wildman–Crippen MR) is 67.5 cm³/mol. The van der Waals surface area contributed by atoms with Crippen LogP contribution >= 0.6 is 0 Å². The van der Waals surface area contributed by atoms with Crippen LogP contribution in [0.3, 0.4) is 0 Å². The summed E-state index contributed by atoms with van der Waals surface area (Å²) in [5.74, 6) is -2.21. The molecule has 0 radical (unpaired) electrons. The molecular formula is C14H11F3N2O2. The first-order chi connectivity index (χ1) is 9.90. The number of nitriles is 1. The Morgan fingerprint density at radius 2 is 1.95 bits per heavy atom. The fourth-order valence-electron chi connectivity index (χ4n) is 1.92. The van der Waals surface area contributed by atoms with Crippen molar-refractivity contribution in [1.29, 1.82) is 5.26 Å². The minimum absolute atomic E-state index is 0.0944. The molecule has 0 unspecified atom stereocenters. The second kappa shape index (κ2) is 5.97. The average Bonchev–Trinajstić information content (AvgIpc) is 2.47. The van der Waals surface area contributed by atoms with Crippen LogP contribution in [0.5, 0.6) is 0 Å². The second-order valence-corrected chi connectivity index (χ2v) is 4.43.